The van der Waals surface area contributed by atoms with Crippen molar-refractivity contribution < 1.29 is 14.6 Å². The maximum absolute atomic E-state index is 11.3. The van der Waals surface area contributed by atoms with E-state index in [-0.39, 0.29) is 6.04 Å². The molecule has 4 nitrogen and oxygen atoms in total. The first-order valence-corrected chi connectivity index (χ1v) is 9.26. The van der Waals surface area contributed by atoms with Crippen LogP contribution >= 0.6 is 0 Å². The summed E-state index contributed by atoms with van der Waals surface area (Å²) in [6.45, 7) is 2.03. The number of rotatable bonds is 3. The Morgan fingerprint density at radius 2 is 1.96 bits per heavy atom. The Hall–Kier alpha value is -2.49. The topological polar surface area (TPSA) is 49.8 Å². The molecule has 2 aliphatic rings. The highest BCUT2D eigenvalue weighted by Gasteiger charge is 2.43. The fourth-order valence-electron chi connectivity index (χ4n) is 5.05. The van der Waals surface area contributed by atoms with E-state index in [2.05, 4.69) is 24.1 Å². The van der Waals surface area contributed by atoms with Crippen LogP contribution in [0.15, 0.2) is 36.4 Å². The first-order valence-electron chi connectivity index (χ1n) is 9.26. The van der Waals surface area contributed by atoms with E-state index in [1.807, 2.05) is 19.1 Å². The van der Waals surface area contributed by atoms with E-state index >= 15 is 0 Å². The van der Waals surface area contributed by atoms with Crippen LogP contribution in [0.2, 0.25) is 0 Å². The molecule has 0 spiro atoms. The molecule has 2 aromatic carbocycles. The Kier molecular flexibility index (Phi) is 4.14. The van der Waals surface area contributed by atoms with Crippen molar-refractivity contribution in [3.8, 4) is 5.75 Å². The van der Waals surface area contributed by atoms with E-state index in [9.17, 15) is 9.90 Å². The zero-order valence-corrected chi connectivity index (χ0v) is 15.5. The maximum atomic E-state index is 11.3. The van der Waals surface area contributed by atoms with Crippen LogP contribution < -0.4 is 9.64 Å². The van der Waals surface area contributed by atoms with Crippen LogP contribution in [-0.2, 0) is 0 Å². The number of aromatic carboxylic acids is 1. The molecule has 0 radical (unpaired) electrons. The lowest BCUT2D eigenvalue weighted by Gasteiger charge is -2.44. The van der Waals surface area contributed by atoms with Gasteiger partial charge in [-0.2, -0.15) is 0 Å². The van der Waals surface area contributed by atoms with Crippen molar-refractivity contribution in [1.29, 1.82) is 0 Å². The Bertz CT molecular complexity index is 860. The molecule has 2 aromatic rings. The molecule has 0 bridgehead atoms. The monoisotopic (exact) mass is 351 g/mol. The van der Waals surface area contributed by atoms with Crippen LogP contribution in [0.5, 0.6) is 5.75 Å². The highest BCUT2D eigenvalue weighted by atomic mass is 16.5. The molecule has 4 rings (SSSR count). The van der Waals surface area contributed by atoms with Gasteiger partial charge in [0.15, 0.2) is 0 Å². The number of carboxylic acid groups (broad SMARTS) is 1. The molecule has 1 saturated carbocycles. The first kappa shape index (κ1) is 17.0. The molecule has 3 atom stereocenters. The Balaban J connectivity index is 1.81. The maximum Gasteiger partial charge on any atom is 0.335 e. The van der Waals surface area contributed by atoms with Crippen molar-refractivity contribution in [2.24, 2.45) is 5.92 Å². The summed E-state index contributed by atoms with van der Waals surface area (Å²) in [6, 6.07) is 12.2. The Morgan fingerprint density at radius 1 is 1.15 bits per heavy atom. The van der Waals surface area contributed by atoms with Crippen molar-refractivity contribution in [3.05, 3.63) is 58.7 Å². The lowest BCUT2D eigenvalue weighted by atomic mass is 9.75. The highest BCUT2D eigenvalue weighted by Crippen LogP contribution is 2.55. The van der Waals surface area contributed by atoms with Gasteiger partial charge in [-0.05, 0) is 78.6 Å². The van der Waals surface area contributed by atoms with Crippen molar-refractivity contribution in [2.45, 2.75) is 38.1 Å². The van der Waals surface area contributed by atoms with Gasteiger partial charge >= 0.3 is 5.97 Å². The molecule has 0 amide bonds. The first-order chi connectivity index (χ1) is 12.5. The summed E-state index contributed by atoms with van der Waals surface area (Å²) in [5.41, 5.74) is 5.32. The number of carbonyl (C=O) groups is 1. The summed E-state index contributed by atoms with van der Waals surface area (Å²) < 4.78 is 5.46. The number of carboxylic acids is 1. The van der Waals surface area contributed by atoms with Gasteiger partial charge in [0, 0.05) is 12.7 Å². The van der Waals surface area contributed by atoms with Gasteiger partial charge in [-0.1, -0.05) is 12.5 Å². The second-order valence-corrected chi connectivity index (χ2v) is 7.56. The van der Waals surface area contributed by atoms with Crippen LogP contribution in [0.3, 0.4) is 0 Å². The van der Waals surface area contributed by atoms with Crippen molar-refractivity contribution in [2.75, 3.05) is 19.1 Å². The molecule has 1 N–H and O–H groups in total. The fraction of sp³-hybridized carbons (Fsp3) is 0.409. The van der Waals surface area contributed by atoms with Crippen LogP contribution in [0.1, 0.15) is 58.3 Å². The number of fused-ring (bicyclic) bond motifs is 3. The molecule has 0 unspecified atom stereocenters. The molecule has 136 valence electrons. The van der Waals surface area contributed by atoms with Crippen molar-refractivity contribution >= 4 is 11.7 Å². The van der Waals surface area contributed by atoms with E-state index in [1.165, 1.54) is 36.1 Å². The molecule has 4 heteroatoms. The van der Waals surface area contributed by atoms with E-state index in [0.29, 0.717) is 17.4 Å². The number of nitrogens with zero attached hydrogens (tertiary/aromatic N) is 1. The van der Waals surface area contributed by atoms with Crippen LogP contribution in [0, 0.1) is 12.8 Å². The lowest BCUT2D eigenvalue weighted by Crippen LogP contribution is -2.37. The second-order valence-electron chi connectivity index (χ2n) is 7.56. The van der Waals surface area contributed by atoms with Crippen molar-refractivity contribution in [3.63, 3.8) is 0 Å². The quantitative estimate of drug-likeness (QED) is 0.865. The van der Waals surface area contributed by atoms with Crippen molar-refractivity contribution in [1.82, 2.24) is 0 Å². The van der Waals surface area contributed by atoms with Gasteiger partial charge in [0.25, 0.3) is 0 Å². The number of ether oxygens (including phenoxy) is 1. The largest absolute Gasteiger partial charge is 0.497 e. The molecule has 0 saturated heterocycles. The minimum Gasteiger partial charge on any atom is -0.497 e. The molecular weight excluding hydrogens is 326 g/mol. The summed E-state index contributed by atoms with van der Waals surface area (Å²) in [6.07, 6.45) is 3.65. The minimum atomic E-state index is -0.868. The third-order valence-corrected chi connectivity index (χ3v) is 6.24. The van der Waals surface area contributed by atoms with Gasteiger partial charge in [-0.15, -0.1) is 0 Å². The lowest BCUT2D eigenvalue weighted by molar-refractivity contribution is 0.0696. The predicted molar refractivity (Wildman–Crippen MR) is 102 cm³/mol. The number of anilines is 1. The van der Waals surface area contributed by atoms with Gasteiger partial charge < -0.3 is 14.7 Å². The standard InChI is InChI=1S/C22H25NO3/c1-13-11-14(22(24)25)7-9-16(13)21-18-6-4-5-17(18)19-12-15(26-3)8-10-20(19)23(21)2/h7-12,17-18,21H,4-6H2,1-3H3,(H,24,25)/t17-,18+,21+/m1/s1. The van der Waals surface area contributed by atoms with Gasteiger partial charge in [0.2, 0.25) is 0 Å². The number of hydrogen-bond acceptors (Lipinski definition) is 3. The van der Waals surface area contributed by atoms with Crippen LogP contribution in [0.25, 0.3) is 0 Å². The van der Waals surface area contributed by atoms with E-state index in [4.69, 9.17) is 4.74 Å². The van der Waals surface area contributed by atoms with Gasteiger partial charge in [0.1, 0.15) is 5.75 Å². The Morgan fingerprint density at radius 3 is 2.65 bits per heavy atom. The number of aryl methyl sites for hydroxylation is 1. The third-order valence-electron chi connectivity index (χ3n) is 6.24. The van der Waals surface area contributed by atoms with Gasteiger partial charge in [-0.25, -0.2) is 4.79 Å². The minimum absolute atomic E-state index is 0.284. The summed E-state index contributed by atoms with van der Waals surface area (Å²) >= 11 is 0. The molecule has 0 aromatic heterocycles. The van der Waals surface area contributed by atoms with Crippen LogP contribution in [0.4, 0.5) is 5.69 Å². The number of methoxy groups -OCH3 is 1. The zero-order chi connectivity index (χ0) is 18.4. The SMILES string of the molecule is COc1ccc2c(c1)[C@@H]1CCC[C@@H]1[C@H](c1ccc(C(=O)O)cc1C)N2C. The van der Waals surface area contributed by atoms with Crippen LogP contribution in [-0.4, -0.2) is 25.2 Å². The molecule has 1 aliphatic carbocycles. The second kappa shape index (κ2) is 6.35. The number of benzene rings is 2. The predicted octanol–water partition coefficient (Wildman–Crippen LogP) is 4.78. The van der Waals surface area contributed by atoms with E-state index in [1.54, 1.807) is 19.2 Å². The summed E-state index contributed by atoms with van der Waals surface area (Å²) in [4.78, 5) is 13.7. The summed E-state index contributed by atoms with van der Waals surface area (Å²) in [7, 11) is 3.88. The van der Waals surface area contributed by atoms with E-state index in [0.717, 1.165) is 11.3 Å². The summed E-state index contributed by atoms with van der Waals surface area (Å²) in [5, 5.41) is 9.27. The average Bonchev–Trinajstić information content (AvgIpc) is 3.12. The molecular formula is C22H25NO3. The zero-order valence-electron chi connectivity index (χ0n) is 15.5. The third kappa shape index (κ3) is 2.56. The molecule has 26 heavy (non-hydrogen) atoms. The smallest absolute Gasteiger partial charge is 0.335 e. The van der Waals surface area contributed by atoms with E-state index < -0.39 is 5.97 Å². The Labute approximate surface area is 154 Å². The highest BCUT2D eigenvalue weighted by molar-refractivity contribution is 5.88. The molecule has 1 heterocycles. The molecule has 1 fully saturated rings. The fourth-order valence-corrected chi connectivity index (χ4v) is 5.05. The average molecular weight is 351 g/mol. The number of hydrogen-bond donors (Lipinski definition) is 1. The normalized spacial score (nSPS) is 24.1. The summed E-state index contributed by atoms with van der Waals surface area (Å²) in [5.74, 6) is 1.14. The van der Waals surface area contributed by atoms with Gasteiger partial charge in [0.05, 0.1) is 18.7 Å². The van der Waals surface area contributed by atoms with Gasteiger partial charge in [-0.3, -0.25) is 0 Å². The molecule has 1 aliphatic heterocycles.